The zero-order valence-corrected chi connectivity index (χ0v) is 30.0. The molecule has 11 rings (SSSR count). The number of benzene rings is 8. The van der Waals surface area contributed by atoms with E-state index in [1.165, 1.54) is 44.0 Å². The molecule has 0 N–H and O–H groups in total. The Morgan fingerprint density at radius 2 is 1.07 bits per heavy atom. The van der Waals surface area contributed by atoms with Crippen molar-refractivity contribution in [2.45, 2.75) is 19.3 Å². The van der Waals surface area contributed by atoms with Crippen LogP contribution >= 0.6 is 0 Å². The fraction of sp³-hybridized carbons (Fsp3) is 0.0588. The monoisotopic (exact) mass is 690 g/mol. The second-order valence-electron chi connectivity index (χ2n) is 15.0. The molecule has 0 spiro atoms. The highest BCUT2D eigenvalue weighted by atomic mass is 16.3. The Labute approximate surface area is 313 Å². The Balaban J connectivity index is 1.07. The number of hydrogen-bond acceptors (Lipinski definition) is 3. The molecule has 8 aromatic carbocycles. The third kappa shape index (κ3) is 4.68. The van der Waals surface area contributed by atoms with Crippen LogP contribution in [0.2, 0.25) is 0 Å². The molecule has 0 saturated carbocycles. The molecular formula is C51H34N2O. The molecule has 0 aliphatic heterocycles. The van der Waals surface area contributed by atoms with E-state index in [-0.39, 0.29) is 5.41 Å². The van der Waals surface area contributed by atoms with Gasteiger partial charge in [-0.2, -0.15) is 0 Å². The SMILES string of the molecule is CC1(C)c2cc3ccccc3cc2-c2c(-c3cc(-c4ccc5cc(-c6cccc7oc8ccccc8c67)ccc5c4)nc(-c4ccccc4)n3)cccc21. The van der Waals surface area contributed by atoms with Crippen LogP contribution in [0.4, 0.5) is 0 Å². The van der Waals surface area contributed by atoms with Crippen LogP contribution in [-0.4, -0.2) is 9.97 Å². The van der Waals surface area contributed by atoms with Gasteiger partial charge in [0.1, 0.15) is 11.2 Å². The summed E-state index contributed by atoms with van der Waals surface area (Å²) in [6.07, 6.45) is 0. The summed E-state index contributed by atoms with van der Waals surface area (Å²) < 4.78 is 6.21. The normalized spacial score (nSPS) is 13.1. The number of rotatable bonds is 4. The summed E-state index contributed by atoms with van der Waals surface area (Å²) in [4.78, 5) is 10.5. The van der Waals surface area contributed by atoms with Crippen molar-refractivity contribution >= 4 is 43.5 Å². The first kappa shape index (κ1) is 30.8. The van der Waals surface area contributed by atoms with Gasteiger partial charge in [0.15, 0.2) is 5.82 Å². The van der Waals surface area contributed by atoms with E-state index in [2.05, 4.69) is 166 Å². The first-order valence-electron chi connectivity index (χ1n) is 18.6. The third-order valence-corrected chi connectivity index (χ3v) is 11.4. The van der Waals surface area contributed by atoms with Crippen LogP contribution in [0.3, 0.4) is 0 Å². The van der Waals surface area contributed by atoms with E-state index in [1.54, 1.807) is 0 Å². The van der Waals surface area contributed by atoms with Gasteiger partial charge in [0.2, 0.25) is 0 Å². The number of furan rings is 1. The zero-order valence-electron chi connectivity index (χ0n) is 30.0. The summed E-state index contributed by atoms with van der Waals surface area (Å²) >= 11 is 0. The molecule has 3 heteroatoms. The molecule has 1 aliphatic rings. The lowest BCUT2D eigenvalue weighted by molar-refractivity contribution is 0.661. The lowest BCUT2D eigenvalue weighted by atomic mass is 9.81. The maximum absolute atomic E-state index is 6.21. The second-order valence-corrected chi connectivity index (χ2v) is 15.0. The largest absolute Gasteiger partial charge is 0.456 e. The first-order chi connectivity index (χ1) is 26.5. The van der Waals surface area contributed by atoms with Crippen molar-refractivity contribution in [3.05, 3.63) is 181 Å². The third-order valence-electron chi connectivity index (χ3n) is 11.4. The summed E-state index contributed by atoms with van der Waals surface area (Å²) in [6, 6.07) is 60.6. The van der Waals surface area contributed by atoms with E-state index in [0.29, 0.717) is 5.82 Å². The quantitative estimate of drug-likeness (QED) is 0.184. The highest BCUT2D eigenvalue weighted by molar-refractivity contribution is 6.13. The standard InChI is InChI=1S/C51H34N2O/c1-51(2)42-19-10-18-39(48(42)41-28-32-14-6-7-15-33(32)29-43(41)51)45-30-44(52-50(53-45)31-12-4-3-5-13-31)37-25-23-34-26-36(24-22-35(34)27-37)38-17-11-21-47-49(38)40-16-8-9-20-46(40)54-47/h3-30H,1-2H3. The Morgan fingerprint density at radius 3 is 1.93 bits per heavy atom. The second kappa shape index (κ2) is 11.6. The van der Waals surface area contributed by atoms with Crippen molar-refractivity contribution in [1.29, 1.82) is 0 Å². The number of para-hydroxylation sites is 1. The predicted molar refractivity (Wildman–Crippen MR) is 224 cm³/mol. The van der Waals surface area contributed by atoms with Crippen molar-refractivity contribution in [2.24, 2.45) is 0 Å². The molecule has 54 heavy (non-hydrogen) atoms. The molecule has 0 bridgehead atoms. The molecule has 2 heterocycles. The summed E-state index contributed by atoms with van der Waals surface area (Å²) in [5.41, 5.74) is 14.2. The van der Waals surface area contributed by atoms with Crippen molar-refractivity contribution in [1.82, 2.24) is 9.97 Å². The van der Waals surface area contributed by atoms with Crippen molar-refractivity contribution in [3.8, 4) is 56.2 Å². The maximum Gasteiger partial charge on any atom is 0.160 e. The van der Waals surface area contributed by atoms with Crippen LogP contribution in [0.25, 0.3) is 99.6 Å². The van der Waals surface area contributed by atoms with Crippen LogP contribution in [0.1, 0.15) is 25.0 Å². The van der Waals surface area contributed by atoms with E-state index in [1.807, 2.05) is 18.2 Å². The van der Waals surface area contributed by atoms with Crippen LogP contribution in [-0.2, 0) is 5.41 Å². The summed E-state index contributed by atoms with van der Waals surface area (Å²) in [7, 11) is 0. The van der Waals surface area contributed by atoms with Gasteiger partial charge in [0.25, 0.3) is 0 Å². The average molecular weight is 691 g/mol. The molecule has 0 unspecified atom stereocenters. The Morgan fingerprint density at radius 1 is 0.426 bits per heavy atom. The van der Waals surface area contributed by atoms with E-state index in [9.17, 15) is 0 Å². The predicted octanol–water partition coefficient (Wildman–Crippen LogP) is 13.7. The fourth-order valence-electron chi connectivity index (χ4n) is 8.72. The smallest absolute Gasteiger partial charge is 0.160 e. The number of hydrogen-bond donors (Lipinski definition) is 0. The van der Waals surface area contributed by atoms with Crippen LogP contribution in [0.15, 0.2) is 174 Å². The van der Waals surface area contributed by atoms with Crippen LogP contribution in [0, 0.1) is 0 Å². The molecule has 10 aromatic rings. The minimum Gasteiger partial charge on any atom is -0.456 e. The number of fused-ring (bicyclic) bond motifs is 8. The first-order valence-corrected chi connectivity index (χ1v) is 18.6. The Hall–Kier alpha value is -6.84. The van der Waals surface area contributed by atoms with Gasteiger partial charge in [-0.1, -0.05) is 141 Å². The average Bonchev–Trinajstić information content (AvgIpc) is 3.71. The van der Waals surface area contributed by atoms with Gasteiger partial charge in [0, 0.05) is 32.9 Å². The van der Waals surface area contributed by atoms with Gasteiger partial charge >= 0.3 is 0 Å². The lowest BCUT2D eigenvalue weighted by Crippen LogP contribution is -2.14. The van der Waals surface area contributed by atoms with Crippen LogP contribution in [0.5, 0.6) is 0 Å². The lowest BCUT2D eigenvalue weighted by Gasteiger charge is -2.22. The van der Waals surface area contributed by atoms with Gasteiger partial charge in [0.05, 0.1) is 11.4 Å². The molecule has 2 aromatic heterocycles. The van der Waals surface area contributed by atoms with Gasteiger partial charge in [-0.25, -0.2) is 9.97 Å². The van der Waals surface area contributed by atoms with Crippen molar-refractivity contribution < 1.29 is 4.42 Å². The van der Waals surface area contributed by atoms with E-state index >= 15 is 0 Å². The summed E-state index contributed by atoms with van der Waals surface area (Å²) in [5.74, 6) is 0.715. The summed E-state index contributed by atoms with van der Waals surface area (Å²) in [6.45, 7) is 4.69. The highest BCUT2D eigenvalue weighted by Gasteiger charge is 2.37. The minimum atomic E-state index is -0.143. The number of nitrogens with zero attached hydrogens (tertiary/aromatic N) is 2. The minimum absolute atomic E-state index is 0.143. The topological polar surface area (TPSA) is 38.9 Å². The molecule has 0 saturated heterocycles. The van der Waals surface area contributed by atoms with Gasteiger partial charge < -0.3 is 4.42 Å². The molecular weight excluding hydrogens is 657 g/mol. The molecule has 3 nitrogen and oxygen atoms in total. The maximum atomic E-state index is 6.21. The molecule has 0 atom stereocenters. The van der Waals surface area contributed by atoms with E-state index in [4.69, 9.17) is 14.4 Å². The molecule has 0 radical (unpaired) electrons. The molecule has 1 aliphatic carbocycles. The fourth-order valence-corrected chi connectivity index (χ4v) is 8.72. The van der Waals surface area contributed by atoms with Crippen molar-refractivity contribution in [2.75, 3.05) is 0 Å². The van der Waals surface area contributed by atoms with E-state index < -0.39 is 0 Å². The zero-order chi connectivity index (χ0) is 36.0. The Kier molecular flexibility index (Phi) is 6.60. The highest BCUT2D eigenvalue weighted by Crippen LogP contribution is 2.53. The Bertz CT molecular complexity index is 3130. The van der Waals surface area contributed by atoms with Crippen molar-refractivity contribution in [3.63, 3.8) is 0 Å². The van der Waals surface area contributed by atoms with Gasteiger partial charge in [-0.3, -0.25) is 0 Å². The molecule has 0 fully saturated rings. The van der Waals surface area contributed by atoms with Gasteiger partial charge in [-0.05, 0) is 97.4 Å². The summed E-state index contributed by atoms with van der Waals surface area (Å²) in [5, 5.41) is 7.13. The number of aromatic nitrogens is 2. The van der Waals surface area contributed by atoms with E-state index in [0.717, 1.165) is 61.0 Å². The van der Waals surface area contributed by atoms with Gasteiger partial charge in [-0.15, -0.1) is 0 Å². The molecule has 0 amide bonds. The molecule has 254 valence electrons. The van der Waals surface area contributed by atoms with Crippen LogP contribution < -0.4 is 0 Å².